The molecule has 0 aliphatic heterocycles. The third kappa shape index (κ3) is 4.73. The predicted molar refractivity (Wildman–Crippen MR) is 78.9 cm³/mol. The average Bonchev–Trinajstić information content (AvgIpc) is 2.39. The lowest BCUT2D eigenvalue weighted by atomic mass is 10.1. The minimum Gasteiger partial charge on any atom is -0.383 e. The Bertz CT molecular complexity index is 636. The van der Waals surface area contributed by atoms with Crippen LogP contribution in [0.4, 0.5) is 4.39 Å². The van der Waals surface area contributed by atoms with Gasteiger partial charge in [0.1, 0.15) is 5.82 Å². The second kappa shape index (κ2) is 7.30. The predicted octanol–water partition coefficient (Wildman–Crippen LogP) is 1.39. The van der Waals surface area contributed by atoms with Crippen molar-refractivity contribution in [2.45, 2.75) is 24.3 Å². The van der Waals surface area contributed by atoms with Crippen LogP contribution in [0.15, 0.2) is 21.5 Å². The minimum absolute atomic E-state index is 0.130. The Balaban J connectivity index is 3.14. The summed E-state index contributed by atoms with van der Waals surface area (Å²) in [4.78, 5) is 11.6. The van der Waals surface area contributed by atoms with Crippen molar-refractivity contribution in [2.75, 3.05) is 13.7 Å². The van der Waals surface area contributed by atoms with E-state index in [1.165, 1.54) is 7.11 Å². The van der Waals surface area contributed by atoms with Crippen LogP contribution in [0.25, 0.3) is 0 Å². The van der Waals surface area contributed by atoms with Gasteiger partial charge in [-0.05, 0) is 34.5 Å². The molecule has 0 fully saturated rings. The first-order chi connectivity index (χ1) is 9.70. The lowest BCUT2D eigenvalue weighted by Crippen LogP contribution is -2.37. The van der Waals surface area contributed by atoms with Crippen LogP contribution in [0.3, 0.4) is 0 Å². The number of methoxy groups -OCH3 is 1. The van der Waals surface area contributed by atoms with Gasteiger partial charge < -0.3 is 10.1 Å². The first kappa shape index (κ1) is 18.0. The highest BCUT2D eigenvalue weighted by atomic mass is 79.9. The molecule has 9 heteroatoms. The zero-order valence-electron chi connectivity index (χ0n) is 11.5. The average molecular weight is 383 g/mol. The Morgan fingerprint density at radius 1 is 1.52 bits per heavy atom. The maximum atomic E-state index is 13.7. The number of halogens is 2. The van der Waals surface area contributed by atoms with E-state index in [-0.39, 0.29) is 16.1 Å². The molecule has 0 heterocycles. The van der Waals surface area contributed by atoms with E-state index < -0.39 is 26.6 Å². The fourth-order valence-electron chi connectivity index (χ4n) is 1.63. The molecule has 1 atom stereocenters. The molecule has 0 saturated heterocycles. The summed E-state index contributed by atoms with van der Waals surface area (Å²) in [6, 6.07) is 1.71. The molecule has 1 amide bonds. The Hall–Kier alpha value is -1.03. The molecule has 1 aromatic carbocycles. The first-order valence-electron chi connectivity index (χ1n) is 6.02. The van der Waals surface area contributed by atoms with E-state index in [9.17, 15) is 17.6 Å². The fourth-order valence-corrected chi connectivity index (χ4v) is 3.18. The van der Waals surface area contributed by atoms with Crippen LogP contribution >= 0.6 is 15.9 Å². The molecule has 1 unspecified atom stereocenters. The minimum atomic E-state index is -4.15. The molecule has 1 rings (SSSR count). The summed E-state index contributed by atoms with van der Waals surface area (Å²) in [5, 5.41) is 7.62. The molecule has 118 valence electrons. The van der Waals surface area contributed by atoms with Crippen LogP contribution in [0.2, 0.25) is 0 Å². The maximum Gasteiger partial charge on any atom is 0.251 e. The van der Waals surface area contributed by atoms with Gasteiger partial charge in [0.05, 0.1) is 22.0 Å². The number of hydrogen-bond donors (Lipinski definition) is 2. The van der Waals surface area contributed by atoms with E-state index >= 15 is 0 Å². The number of carbonyl (C=O) groups is 1. The SMILES string of the molecule is CCC(COC)NC(=O)c1cc(F)c(Br)c(S(N)(=O)=O)c1. The smallest absolute Gasteiger partial charge is 0.251 e. The summed E-state index contributed by atoms with van der Waals surface area (Å²) in [5.41, 5.74) is -0.130. The van der Waals surface area contributed by atoms with Crippen LogP contribution in [0.5, 0.6) is 0 Å². The van der Waals surface area contributed by atoms with E-state index in [0.29, 0.717) is 13.0 Å². The van der Waals surface area contributed by atoms with Crippen LogP contribution in [0.1, 0.15) is 23.7 Å². The van der Waals surface area contributed by atoms with Crippen LogP contribution < -0.4 is 10.5 Å². The van der Waals surface area contributed by atoms with Gasteiger partial charge in [-0.25, -0.2) is 17.9 Å². The van der Waals surface area contributed by atoms with Crippen molar-refractivity contribution < 1.29 is 22.3 Å². The zero-order chi connectivity index (χ0) is 16.2. The summed E-state index contributed by atoms with van der Waals surface area (Å²) in [7, 11) is -2.65. The van der Waals surface area contributed by atoms with Crippen molar-refractivity contribution in [1.29, 1.82) is 0 Å². The molecule has 0 saturated carbocycles. The quantitative estimate of drug-likeness (QED) is 0.776. The largest absolute Gasteiger partial charge is 0.383 e. The molecular weight excluding hydrogens is 367 g/mol. The standard InChI is InChI=1S/C12H16BrFN2O4S/c1-3-8(6-20-2)16-12(17)7-4-9(14)11(13)10(5-7)21(15,18)19/h4-5,8H,3,6H2,1-2H3,(H,16,17)(H2,15,18,19). The van der Waals surface area contributed by atoms with Gasteiger partial charge in [0, 0.05) is 12.7 Å². The molecule has 0 spiro atoms. The molecule has 1 aromatic rings. The van der Waals surface area contributed by atoms with Crippen LogP contribution in [-0.2, 0) is 14.8 Å². The van der Waals surface area contributed by atoms with Gasteiger partial charge in [-0.2, -0.15) is 0 Å². The van der Waals surface area contributed by atoms with E-state index in [0.717, 1.165) is 12.1 Å². The Labute approximate surface area is 131 Å². The Morgan fingerprint density at radius 3 is 2.62 bits per heavy atom. The number of carbonyl (C=O) groups excluding carboxylic acids is 1. The first-order valence-corrected chi connectivity index (χ1v) is 8.36. The van der Waals surface area contributed by atoms with Crippen LogP contribution in [-0.4, -0.2) is 34.1 Å². The summed E-state index contributed by atoms with van der Waals surface area (Å²) < 4.78 is 41.1. The van der Waals surface area contributed by atoms with E-state index in [2.05, 4.69) is 21.2 Å². The molecular formula is C12H16BrFN2O4S. The number of amides is 1. The van der Waals surface area contributed by atoms with E-state index in [1.54, 1.807) is 0 Å². The van der Waals surface area contributed by atoms with Crippen molar-refractivity contribution >= 4 is 31.9 Å². The second-order valence-corrected chi connectivity index (χ2v) is 6.67. The number of primary sulfonamides is 1. The molecule has 21 heavy (non-hydrogen) atoms. The van der Waals surface area contributed by atoms with E-state index in [1.807, 2.05) is 6.92 Å². The molecule has 3 N–H and O–H groups in total. The van der Waals surface area contributed by atoms with E-state index in [4.69, 9.17) is 9.88 Å². The zero-order valence-corrected chi connectivity index (χ0v) is 13.9. The lowest BCUT2D eigenvalue weighted by molar-refractivity contribution is 0.0894. The fraction of sp³-hybridized carbons (Fsp3) is 0.417. The maximum absolute atomic E-state index is 13.7. The van der Waals surface area contributed by atoms with Gasteiger partial charge in [0.15, 0.2) is 0 Å². The molecule has 0 aliphatic carbocycles. The number of nitrogens with one attached hydrogen (secondary N) is 1. The van der Waals surface area contributed by atoms with Gasteiger partial charge in [-0.15, -0.1) is 0 Å². The number of benzene rings is 1. The Kier molecular flexibility index (Phi) is 6.26. The molecule has 0 bridgehead atoms. The highest BCUT2D eigenvalue weighted by molar-refractivity contribution is 9.10. The monoisotopic (exact) mass is 382 g/mol. The van der Waals surface area contributed by atoms with Gasteiger partial charge in [-0.3, -0.25) is 4.79 Å². The number of sulfonamides is 1. The third-order valence-corrected chi connectivity index (χ3v) is 4.76. The molecule has 6 nitrogen and oxygen atoms in total. The van der Waals surface area contributed by atoms with Crippen molar-refractivity contribution in [3.05, 3.63) is 28.0 Å². The van der Waals surface area contributed by atoms with Crippen molar-refractivity contribution in [2.24, 2.45) is 5.14 Å². The summed E-state index contributed by atoms with van der Waals surface area (Å²) in [6.07, 6.45) is 0.612. The molecule has 0 radical (unpaired) electrons. The van der Waals surface area contributed by atoms with Gasteiger partial charge in [0.25, 0.3) is 5.91 Å². The summed E-state index contributed by atoms with van der Waals surface area (Å²) in [5.74, 6) is -1.48. The Morgan fingerprint density at radius 2 is 2.14 bits per heavy atom. The van der Waals surface area contributed by atoms with Crippen molar-refractivity contribution in [3.8, 4) is 0 Å². The highest BCUT2D eigenvalue weighted by Gasteiger charge is 2.21. The second-order valence-electron chi connectivity index (χ2n) is 4.35. The topological polar surface area (TPSA) is 98.5 Å². The summed E-state index contributed by atoms with van der Waals surface area (Å²) in [6.45, 7) is 2.14. The number of rotatable bonds is 6. The normalized spacial score (nSPS) is 13.0. The number of nitrogens with two attached hydrogens (primary N) is 1. The number of hydrogen-bond acceptors (Lipinski definition) is 4. The van der Waals surface area contributed by atoms with Crippen molar-refractivity contribution in [1.82, 2.24) is 5.32 Å². The highest BCUT2D eigenvalue weighted by Crippen LogP contribution is 2.25. The van der Waals surface area contributed by atoms with Crippen molar-refractivity contribution in [3.63, 3.8) is 0 Å². The van der Waals surface area contributed by atoms with Crippen LogP contribution in [0, 0.1) is 5.82 Å². The lowest BCUT2D eigenvalue weighted by Gasteiger charge is -2.16. The molecule has 0 aliphatic rings. The third-order valence-electron chi connectivity index (χ3n) is 2.76. The van der Waals surface area contributed by atoms with Gasteiger partial charge in [-0.1, -0.05) is 6.92 Å². The summed E-state index contributed by atoms with van der Waals surface area (Å²) >= 11 is 2.80. The number of ether oxygens (including phenoxy) is 1. The van der Waals surface area contributed by atoms with Gasteiger partial charge in [0.2, 0.25) is 10.0 Å². The molecule has 0 aromatic heterocycles. The van der Waals surface area contributed by atoms with Gasteiger partial charge >= 0.3 is 0 Å².